The first-order valence-corrected chi connectivity index (χ1v) is 13.4. The average Bonchev–Trinajstić information content (AvgIpc) is 3.49. The number of esters is 1. The number of aromatic nitrogens is 1. The summed E-state index contributed by atoms with van der Waals surface area (Å²) in [5.74, 6) is -1.95. The topological polar surface area (TPSA) is 109 Å². The van der Waals surface area contributed by atoms with E-state index in [4.69, 9.17) is 9.47 Å². The van der Waals surface area contributed by atoms with E-state index in [1.54, 1.807) is 33.8 Å². The molecule has 39 heavy (non-hydrogen) atoms. The highest BCUT2D eigenvalue weighted by atomic mass is 19.4. The van der Waals surface area contributed by atoms with Gasteiger partial charge in [0.2, 0.25) is 0 Å². The summed E-state index contributed by atoms with van der Waals surface area (Å²) in [6.45, 7) is 10.3. The van der Waals surface area contributed by atoms with Crippen LogP contribution in [0.5, 0.6) is 0 Å². The van der Waals surface area contributed by atoms with Crippen LogP contribution in [-0.4, -0.2) is 57.0 Å². The second kappa shape index (κ2) is 11.7. The monoisotopic (exact) mass is 555 g/mol. The Kier molecular flexibility index (Phi) is 9.34. The Bertz CT molecular complexity index is 1070. The molecule has 2 N–H and O–H groups in total. The number of ether oxygens (including phenoxy) is 2. The van der Waals surface area contributed by atoms with E-state index in [2.05, 4.69) is 4.98 Å². The van der Waals surface area contributed by atoms with Gasteiger partial charge < -0.3 is 19.7 Å². The Morgan fingerprint density at radius 2 is 1.82 bits per heavy atom. The number of aliphatic hydroxyl groups excluding tert-OH is 2. The highest BCUT2D eigenvalue weighted by Gasteiger charge is 2.53. The standard InChI is InChI=1S/C29H40F3NO6/c1-16-8-7-11-28(6)23(39-28)13-21(17(2)12-20-10-9-19(15-33-20)29(30,31)32)38-24(35)14-22(34)27(4,5)26(37)18(3)25(16)36/h9-10,12,15-16,18,21-23,25,34,36H,7-8,11,13-14H2,1-6H3/b17-12+/t16-,18+,21-,22-,23-,25-,28+/m0/s1. The summed E-state index contributed by atoms with van der Waals surface area (Å²) in [5, 5.41) is 21.7. The highest BCUT2D eigenvalue weighted by Crippen LogP contribution is 2.45. The first-order valence-electron chi connectivity index (χ1n) is 13.4. The maximum atomic E-state index is 13.2. The third kappa shape index (κ3) is 7.46. The van der Waals surface area contributed by atoms with Crippen LogP contribution in [0.15, 0.2) is 23.9 Å². The SMILES string of the molecule is C/C(=C\c1ccc(C(F)(F)F)cn1)[C@@H]1C[C@@H]2O[C@]2(C)CCC[C@H](C)[C@H](O)[C@@H](C)C(=O)C(C)(C)[C@@H](O)CC(=O)O1. The van der Waals surface area contributed by atoms with Crippen LogP contribution in [0.2, 0.25) is 0 Å². The van der Waals surface area contributed by atoms with Gasteiger partial charge in [-0.2, -0.15) is 13.2 Å². The average molecular weight is 556 g/mol. The fourth-order valence-electron chi connectivity index (χ4n) is 5.28. The van der Waals surface area contributed by atoms with Crippen LogP contribution in [0, 0.1) is 17.3 Å². The molecule has 0 spiro atoms. The quantitative estimate of drug-likeness (QED) is 0.385. The van der Waals surface area contributed by atoms with E-state index in [1.165, 1.54) is 6.07 Å². The number of nitrogens with zero attached hydrogens (tertiary/aromatic N) is 1. The molecule has 10 heteroatoms. The first-order chi connectivity index (χ1) is 18.0. The number of carbonyl (C=O) groups excluding carboxylic acids is 2. The van der Waals surface area contributed by atoms with E-state index in [9.17, 15) is 33.0 Å². The van der Waals surface area contributed by atoms with Gasteiger partial charge in [-0.05, 0) is 56.4 Å². The number of hydrogen-bond acceptors (Lipinski definition) is 7. The number of Topliss-reactive ketones (excluding diaryl/α,β-unsaturated/α-hetero) is 1. The van der Waals surface area contributed by atoms with Crippen molar-refractivity contribution < 1.29 is 42.4 Å². The van der Waals surface area contributed by atoms with Gasteiger partial charge in [-0.3, -0.25) is 14.6 Å². The first kappa shape index (κ1) is 31.2. The molecule has 0 aromatic carbocycles. The Morgan fingerprint density at radius 1 is 1.15 bits per heavy atom. The van der Waals surface area contributed by atoms with Crippen LogP contribution in [0.3, 0.4) is 0 Å². The smallest absolute Gasteiger partial charge is 0.417 e. The Hall–Kier alpha value is -2.30. The maximum absolute atomic E-state index is 13.2. The van der Waals surface area contributed by atoms with E-state index in [0.717, 1.165) is 18.7 Å². The number of alkyl halides is 3. The van der Waals surface area contributed by atoms with E-state index in [-0.39, 0.29) is 23.5 Å². The van der Waals surface area contributed by atoms with E-state index in [1.807, 2.05) is 13.8 Å². The van der Waals surface area contributed by atoms with Crippen molar-refractivity contribution in [3.05, 3.63) is 35.2 Å². The molecule has 1 aromatic rings. The maximum Gasteiger partial charge on any atom is 0.417 e. The largest absolute Gasteiger partial charge is 0.458 e. The van der Waals surface area contributed by atoms with Crippen molar-refractivity contribution in [2.45, 2.75) is 110 Å². The fraction of sp³-hybridized carbons (Fsp3) is 0.690. The van der Waals surface area contributed by atoms with Crippen LogP contribution in [0.4, 0.5) is 13.2 Å². The van der Waals surface area contributed by atoms with Crippen molar-refractivity contribution in [3.8, 4) is 0 Å². The van der Waals surface area contributed by atoms with Crippen molar-refractivity contribution in [2.24, 2.45) is 17.3 Å². The lowest BCUT2D eigenvalue weighted by Gasteiger charge is -2.34. The zero-order valence-electron chi connectivity index (χ0n) is 23.4. The molecule has 2 fully saturated rings. The lowest BCUT2D eigenvalue weighted by molar-refractivity contribution is -0.154. The van der Waals surface area contributed by atoms with Gasteiger partial charge in [0, 0.05) is 18.5 Å². The van der Waals surface area contributed by atoms with Gasteiger partial charge in [0.15, 0.2) is 0 Å². The number of epoxide rings is 1. The third-order valence-electron chi connectivity index (χ3n) is 8.40. The Balaban J connectivity index is 1.86. The minimum absolute atomic E-state index is 0.148. The third-order valence-corrected chi connectivity index (χ3v) is 8.40. The second-order valence-corrected chi connectivity index (χ2v) is 11.9. The molecule has 0 radical (unpaired) electrons. The second-order valence-electron chi connectivity index (χ2n) is 11.9. The summed E-state index contributed by atoms with van der Waals surface area (Å²) in [5.41, 5.74) is -1.78. The lowest BCUT2D eigenvalue weighted by Crippen LogP contribution is -2.45. The molecule has 0 saturated carbocycles. The molecule has 0 unspecified atom stereocenters. The number of ketones is 1. The molecular formula is C29H40F3NO6. The van der Waals surface area contributed by atoms with E-state index >= 15 is 0 Å². The number of fused-ring (bicyclic) bond motifs is 1. The minimum Gasteiger partial charge on any atom is -0.458 e. The number of aliphatic hydroxyl groups is 2. The van der Waals surface area contributed by atoms with Gasteiger partial charge in [-0.15, -0.1) is 0 Å². The van der Waals surface area contributed by atoms with Gasteiger partial charge >= 0.3 is 12.1 Å². The van der Waals surface area contributed by atoms with E-state index < -0.39 is 59.4 Å². The zero-order chi connectivity index (χ0) is 29.3. The number of halogens is 3. The number of pyridine rings is 1. The van der Waals surface area contributed by atoms with Crippen LogP contribution in [0.25, 0.3) is 6.08 Å². The van der Waals surface area contributed by atoms with Gasteiger partial charge in [0.25, 0.3) is 0 Å². The highest BCUT2D eigenvalue weighted by molar-refractivity contribution is 5.88. The lowest BCUT2D eigenvalue weighted by atomic mass is 9.73. The zero-order valence-corrected chi connectivity index (χ0v) is 23.4. The summed E-state index contributed by atoms with van der Waals surface area (Å²) in [6.07, 6.45) is -3.38. The van der Waals surface area contributed by atoms with Crippen LogP contribution >= 0.6 is 0 Å². The summed E-state index contributed by atoms with van der Waals surface area (Å²) >= 11 is 0. The molecule has 3 heterocycles. The summed E-state index contributed by atoms with van der Waals surface area (Å²) in [7, 11) is 0. The number of cyclic esters (lactones) is 1. The molecule has 0 amide bonds. The molecule has 0 bridgehead atoms. The van der Waals surface area contributed by atoms with Crippen molar-refractivity contribution in [2.75, 3.05) is 0 Å². The molecule has 2 aliphatic heterocycles. The van der Waals surface area contributed by atoms with Crippen molar-refractivity contribution in [1.29, 1.82) is 0 Å². The van der Waals surface area contributed by atoms with Gasteiger partial charge in [0.1, 0.15) is 11.9 Å². The minimum atomic E-state index is -4.50. The van der Waals surface area contributed by atoms with Crippen LogP contribution < -0.4 is 0 Å². The van der Waals surface area contributed by atoms with Crippen molar-refractivity contribution >= 4 is 17.8 Å². The number of carbonyl (C=O) groups is 2. The molecule has 0 aliphatic carbocycles. The molecule has 3 rings (SSSR count). The predicted molar refractivity (Wildman–Crippen MR) is 138 cm³/mol. The normalized spacial score (nSPS) is 35.2. The molecular weight excluding hydrogens is 515 g/mol. The van der Waals surface area contributed by atoms with Gasteiger partial charge in [-0.25, -0.2) is 0 Å². The Morgan fingerprint density at radius 3 is 2.41 bits per heavy atom. The predicted octanol–water partition coefficient (Wildman–Crippen LogP) is 5.13. The molecule has 7 atom stereocenters. The fourth-order valence-corrected chi connectivity index (χ4v) is 5.28. The number of rotatable bonds is 2. The molecule has 1 aromatic heterocycles. The summed E-state index contributed by atoms with van der Waals surface area (Å²) in [6, 6.07) is 2.18. The van der Waals surface area contributed by atoms with Crippen LogP contribution in [-0.2, 0) is 25.2 Å². The summed E-state index contributed by atoms with van der Waals surface area (Å²) < 4.78 is 50.5. The molecule has 2 aliphatic rings. The van der Waals surface area contributed by atoms with Gasteiger partial charge in [0.05, 0.1) is 47.0 Å². The Labute approximate surface area is 227 Å². The van der Waals surface area contributed by atoms with Gasteiger partial charge in [-0.1, -0.05) is 34.1 Å². The molecule has 218 valence electrons. The van der Waals surface area contributed by atoms with Crippen molar-refractivity contribution in [3.63, 3.8) is 0 Å². The summed E-state index contributed by atoms with van der Waals surface area (Å²) in [4.78, 5) is 30.1. The van der Waals surface area contributed by atoms with E-state index in [0.29, 0.717) is 24.8 Å². The molecule has 7 nitrogen and oxygen atoms in total. The van der Waals surface area contributed by atoms with Crippen LogP contribution in [0.1, 0.15) is 84.9 Å². The van der Waals surface area contributed by atoms with Crippen molar-refractivity contribution in [1.82, 2.24) is 4.98 Å². The molecule has 2 saturated heterocycles. The number of hydrogen-bond donors (Lipinski definition) is 2.